The molecule has 1 heterocycles. The van der Waals surface area contributed by atoms with Gasteiger partial charge in [-0.15, -0.1) is 0 Å². The first-order valence-corrected chi connectivity index (χ1v) is 5.35. The van der Waals surface area contributed by atoms with Gasteiger partial charge in [0.05, 0.1) is 13.2 Å². The average molecular weight is 195 g/mol. The molecule has 2 unspecified atom stereocenters. The third kappa shape index (κ3) is 2.04. The number of allylic oxidation sites excluding steroid dienone is 1. The minimum Gasteiger partial charge on any atom is -0.379 e. The second kappa shape index (κ2) is 4.71. The molecule has 0 aromatic carbocycles. The minimum absolute atomic E-state index is 0.0989. The van der Waals surface area contributed by atoms with E-state index in [4.69, 9.17) is 4.74 Å². The van der Waals surface area contributed by atoms with Crippen LogP contribution in [0.2, 0.25) is 0 Å². The minimum atomic E-state index is 0.0989. The van der Waals surface area contributed by atoms with Gasteiger partial charge in [-0.05, 0) is 12.8 Å². The van der Waals surface area contributed by atoms with E-state index in [0.717, 1.165) is 45.4 Å². The van der Waals surface area contributed by atoms with E-state index in [-0.39, 0.29) is 5.92 Å². The second-order valence-corrected chi connectivity index (χ2v) is 3.93. The molecule has 0 spiro atoms. The Labute approximate surface area is 84.7 Å². The van der Waals surface area contributed by atoms with Gasteiger partial charge in [0.25, 0.3) is 0 Å². The van der Waals surface area contributed by atoms with Crippen molar-refractivity contribution in [1.82, 2.24) is 4.90 Å². The topological polar surface area (TPSA) is 29.5 Å². The van der Waals surface area contributed by atoms with Crippen LogP contribution in [0.15, 0.2) is 12.2 Å². The summed E-state index contributed by atoms with van der Waals surface area (Å²) >= 11 is 0. The van der Waals surface area contributed by atoms with Crippen LogP contribution < -0.4 is 0 Å². The van der Waals surface area contributed by atoms with E-state index in [2.05, 4.69) is 17.1 Å². The highest BCUT2D eigenvalue weighted by Gasteiger charge is 2.28. The van der Waals surface area contributed by atoms with Crippen molar-refractivity contribution < 1.29 is 9.53 Å². The second-order valence-electron chi connectivity index (χ2n) is 3.93. The van der Waals surface area contributed by atoms with Gasteiger partial charge in [0.1, 0.15) is 6.29 Å². The molecule has 2 aliphatic rings. The third-order valence-corrected chi connectivity index (χ3v) is 3.10. The lowest BCUT2D eigenvalue weighted by Gasteiger charge is -2.37. The summed E-state index contributed by atoms with van der Waals surface area (Å²) in [6.07, 6.45) is 7.47. The molecule has 3 nitrogen and oxygen atoms in total. The van der Waals surface area contributed by atoms with Crippen molar-refractivity contribution in [2.75, 3.05) is 26.3 Å². The maximum Gasteiger partial charge on any atom is 0.128 e. The Morgan fingerprint density at radius 1 is 1.36 bits per heavy atom. The van der Waals surface area contributed by atoms with Crippen molar-refractivity contribution in [1.29, 1.82) is 0 Å². The third-order valence-electron chi connectivity index (χ3n) is 3.10. The molecule has 1 saturated heterocycles. The lowest BCUT2D eigenvalue weighted by molar-refractivity contribution is -0.112. The quantitative estimate of drug-likeness (QED) is 0.483. The van der Waals surface area contributed by atoms with Gasteiger partial charge in [0.2, 0.25) is 0 Å². The molecule has 2 atom stereocenters. The van der Waals surface area contributed by atoms with E-state index < -0.39 is 0 Å². The number of morpholine rings is 1. The normalized spacial score (nSPS) is 34.3. The van der Waals surface area contributed by atoms with E-state index >= 15 is 0 Å². The van der Waals surface area contributed by atoms with Crippen LogP contribution >= 0.6 is 0 Å². The monoisotopic (exact) mass is 195 g/mol. The summed E-state index contributed by atoms with van der Waals surface area (Å²) in [4.78, 5) is 13.3. The van der Waals surface area contributed by atoms with Gasteiger partial charge in [0.15, 0.2) is 0 Å². The van der Waals surface area contributed by atoms with E-state index in [9.17, 15) is 4.79 Å². The van der Waals surface area contributed by atoms with Crippen LogP contribution in [-0.4, -0.2) is 43.5 Å². The molecule has 78 valence electrons. The number of rotatable bonds is 2. The van der Waals surface area contributed by atoms with Gasteiger partial charge in [-0.1, -0.05) is 12.2 Å². The highest BCUT2D eigenvalue weighted by Crippen LogP contribution is 2.22. The number of ether oxygens (including phenoxy) is 1. The average Bonchev–Trinajstić information content (AvgIpc) is 2.30. The molecule has 0 radical (unpaired) electrons. The maximum absolute atomic E-state index is 10.9. The molecule has 3 heteroatoms. The summed E-state index contributed by atoms with van der Waals surface area (Å²) in [6.45, 7) is 3.57. The van der Waals surface area contributed by atoms with E-state index in [0.29, 0.717) is 6.04 Å². The van der Waals surface area contributed by atoms with Crippen LogP contribution in [0, 0.1) is 5.92 Å². The van der Waals surface area contributed by atoms with Crippen molar-refractivity contribution in [3.8, 4) is 0 Å². The van der Waals surface area contributed by atoms with Crippen LogP contribution in [0.25, 0.3) is 0 Å². The molecule has 0 saturated carbocycles. The lowest BCUT2D eigenvalue weighted by atomic mass is 9.90. The molecule has 0 bridgehead atoms. The zero-order chi connectivity index (χ0) is 9.80. The summed E-state index contributed by atoms with van der Waals surface area (Å²) in [7, 11) is 0. The molecule has 0 amide bonds. The summed E-state index contributed by atoms with van der Waals surface area (Å²) in [5.41, 5.74) is 0. The van der Waals surface area contributed by atoms with Crippen molar-refractivity contribution in [2.24, 2.45) is 5.92 Å². The Morgan fingerprint density at radius 3 is 2.86 bits per heavy atom. The number of hydrogen-bond acceptors (Lipinski definition) is 3. The van der Waals surface area contributed by atoms with Crippen molar-refractivity contribution in [2.45, 2.75) is 18.9 Å². The van der Waals surface area contributed by atoms with Crippen LogP contribution in [-0.2, 0) is 9.53 Å². The van der Waals surface area contributed by atoms with Gasteiger partial charge >= 0.3 is 0 Å². The Bertz CT molecular complexity index is 221. The number of nitrogens with zero attached hydrogens (tertiary/aromatic N) is 1. The largest absolute Gasteiger partial charge is 0.379 e. The van der Waals surface area contributed by atoms with Crippen LogP contribution in [0.1, 0.15) is 12.8 Å². The first-order valence-electron chi connectivity index (χ1n) is 5.35. The van der Waals surface area contributed by atoms with Crippen molar-refractivity contribution in [3.05, 3.63) is 12.2 Å². The lowest BCUT2D eigenvalue weighted by Crippen LogP contribution is -2.47. The summed E-state index contributed by atoms with van der Waals surface area (Å²) in [5.74, 6) is 0.0989. The summed E-state index contributed by atoms with van der Waals surface area (Å²) in [5, 5.41) is 0. The number of carbonyl (C=O) groups excluding carboxylic acids is 1. The fourth-order valence-electron chi connectivity index (χ4n) is 2.31. The van der Waals surface area contributed by atoms with Crippen LogP contribution in [0.3, 0.4) is 0 Å². The standard InChI is InChI=1S/C11H17NO2/c13-9-10-3-1-2-4-11(10)12-5-7-14-8-6-12/h1,3,9-11H,2,4-8H2. The van der Waals surface area contributed by atoms with Gasteiger partial charge < -0.3 is 9.53 Å². The first-order chi connectivity index (χ1) is 6.92. The maximum atomic E-state index is 10.9. The molecule has 14 heavy (non-hydrogen) atoms. The van der Waals surface area contributed by atoms with Crippen molar-refractivity contribution >= 4 is 6.29 Å². The molecule has 1 aliphatic carbocycles. The smallest absolute Gasteiger partial charge is 0.128 e. The van der Waals surface area contributed by atoms with Gasteiger partial charge in [-0.25, -0.2) is 0 Å². The fourth-order valence-corrected chi connectivity index (χ4v) is 2.31. The Balaban J connectivity index is 1.99. The zero-order valence-corrected chi connectivity index (χ0v) is 8.39. The zero-order valence-electron chi connectivity index (χ0n) is 8.39. The fraction of sp³-hybridized carbons (Fsp3) is 0.727. The van der Waals surface area contributed by atoms with Crippen molar-refractivity contribution in [3.63, 3.8) is 0 Å². The number of carbonyl (C=O) groups is 1. The molecule has 1 aliphatic heterocycles. The molecule has 2 rings (SSSR count). The molecular weight excluding hydrogens is 178 g/mol. The Kier molecular flexibility index (Phi) is 3.32. The molecule has 1 fully saturated rings. The highest BCUT2D eigenvalue weighted by atomic mass is 16.5. The number of aldehydes is 1. The van der Waals surface area contributed by atoms with Crippen LogP contribution in [0.4, 0.5) is 0 Å². The van der Waals surface area contributed by atoms with E-state index in [1.807, 2.05) is 0 Å². The Morgan fingerprint density at radius 2 is 2.14 bits per heavy atom. The first kappa shape index (κ1) is 9.87. The van der Waals surface area contributed by atoms with Gasteiger partial charge in [-0.2, -0.15) is 0 Å². The number of hydrogen-bond donors (Lipinski definition) is 0. The van der Waals surface area contributed by atoms with E-state index in [1.165, 1.54) is 0 Å². The Hall–Kier alpha value is -0.670. The van der Waals surface area contributed by atoms with Gasteiger partial charge in [-0.3, -0.25) is 4.90 Å². The SMILES string of the molecule is O=CC1C=CCCC1N1CCOCC1. The molecular formula is C11H17NO2. The van der Waals surface area contributed by atoms with E-state index in [1.54, 1.807) is 0 Å². The molecule has 0 N–H and O–H groups in total. The predicted molar refractivity (Wildman–Crippen MR) is 54.1 cm³/mol. The van der Waals surface area contributed by atoms with Gasteiger partial charge in [0, 0.05) is 25.0 Å². The predicted octanol–water partition coefficient (Wildman–Crippen LogP) is 0.852. The molecule has 0 aromatic heterocycles. The summed E-state index contributed by atoms with van der Waals surface area (Å²) in [6, 6.07) is 0.418. The van der Waals surface area contributed by atoms with Crippen LogP contribution in [0.5, 0.6) is 0 Å². The highest BCUT2D eigenvalue weighted by molar-refractivity contribution is 5.58. The molecule has 0 aromatic rings. The summed E-state index contributed by atoms with van der Waals surface area (Å²) < 4.78 is 5.31.